The minimum absolute atomic E-state index is 0.0579. The second-order valence-electron chi connectivity index (χ2n) is 6.03. The summed E-state index contributed by atoms with van der Waals surface area (Å²) in [5.74, 6) is -0.380. The molecule has 0 aliphatic carbocycles. The highest BCUT2D eigenvalue weighted by atomic mass is 16.5. The average Bonchev–Trinajstić information content (AvgIpc) is 2.75. The fourth-order valence-electron chi connectivity index (χ4n) is 2.60. The van der Waals surface area contributed by atoms with Crippen LogP contribution in [0.3, 0.4) is 0 Å². The molecule has 9 nitrogen and oxygen atoms in total. The number of methoxy groups -OCH3 is 1. The number of ether oxygens (including phenoxy) is 2. The molecule has 0 atom stereocenters. The molecule has 0 radical (unpaired) electrons. The monoisotopic (exact) mass is 396 g/mol. The van der Waals surface area contributed by atoms with E-state index in [1.54, 1.807) is 12.1 Å². The number of nitrogens with one attached hydrogen (secondary N) is 2. The van der Waals surface area contributed by atoms with Crippen molar-refractivity contribution in [1.82, 2.24) is 14.7 Å². The first-order valence-electron chi connectivity index (χ1n) is 8.85. The van der Waals surface area contributed by atoms with Gasteiger partial charge in [-0.25, -0.2) is 9.78 Å². The zero-order valence-electron chi connectivity index (χ0n) is 15.8. The van der Waals surface area contributed by atoms with Gasteiger partial charge in [0.15, 0.2) is 5.65 Å². The van der Waals surface area contributed by atoms with Gasteiger partial charge in [-0.3, -0.25) is 19.3 Å². The molecule has 0 spiro atoms. The van der Waals surface area contributed by atoms with Crippen LogP contribution in [0.2, 0.25) is 0 Å². The van der Waals surface area contributed by atoms with Crippen LogP contribution in [0.25, 0.3) is 5.65 Å². The summed E-state index contributed by atoms with van der Waals surface area (Å²) in [4.78, 5) is 41.2. The van der Waals surface area contributed by atoms with E-state index < -0.39 is 11.7 Å². The molecule has 2 amide bonds. The Kier molecular flexibility index (Phi) is 6.54. The van der Waals surface area contributed by atoms with Crippen LogP contribution in [-0.4, -0.2) is 41.6 Å². The first-order valence-corrected chi connectivity index (χ1v) is 8.85. The molecule has 0 aliphatic rings. The molecule has 3 rings (SSSR count). The second kappa shape index (κ2) is 9.47. The van der Waals surface area contributed by atoms with Gasteiger partial charge in [0.2, 0.25) is 0 Å². The molecule has 1 aromatic carbocycles. The fraction of sp³-hybridized carbons (Fsp3) is 0.200. The molecule has 3 aromatic rings. The normalized spacial score (nSPS) is 10.5. The molecule has 0 saturated heterocycles. The standard InChI is InChI=1S/C20H20N4O5/c1-28-11-9-21-18(25)15-8-5-10-24-17(15)22-12-16(19(24)26)23-20(27)29-13-14-6-3-2-4-7-14/h2-8,10,12H,9,11,13H2,1H3,(H,21,25)(H,23,27). The Labute approximate surface area is 166 Å². The summed E-state index contributed by atoms with van der Waals surface area (Å²) in [6, 6.07) is 12.3. The number of anilines is 1. The van der Waals surface area contributed by atoms with Crippen LogP contribution in [0.1, 0.15) is 15.9 Å². The third-order valence-electron chi connectivity index (χ3n) is 4.02. The Morgan fingerprint density at radius 1 is 1.14 bits per heavy atom. The summed E-state index contributed by atoms with van der Waals surface area (Å²) < 4.78 is 11.2. The minimum Gasteiger partial charge on any atom is -0.444 e. The molecular weight excluding hydrogens is 376 g/mol. The maximum atomic E-state index is 12.7. The fourth-order valence-corrected chi connectivity index (χ4v) is 2.60. The molecule has 2 heterocycles. The average molecular weight is 396 g/mol. The van der Waals surface area contributed by atoms with Crippen LogP contribution in [0.15, 0.2) is 59.7 Å². The van der Waals surface area contributed by atoms with Crippen LogP contribution < -0.4 is 16.2 Å². The van der Waals surface area contributed by atoms with Crippen molar-refractivity contribution < 1.29 is 19.1 Å². The topological polar surface area (TPSA) is 111 Å². The van der Waals surface area contributed by atoms with Gasteiger partial charge >= 0.3 is 6.09 Å². The number of hydrogen-bond donors (Lipinski definition) is 2. The van der Waals surface area contributed by atoms with Crippen molar-refractivity contribution >= 4 is 23.3 Å². The van der Waals surface area contributed by atoms with Gasteiger partial charge in [-0.15, -0.1) is 0 Å². The Morgan fingerprint density at radius 2 is 1.93 bits per heavy atom. The number of pyridine rings is 1. The number of amides is 2. The molecule has 0 fully saturated rings. The van der Waals surface area contributed by atoms with Crippen molar-refractivity contribution in [2.24, 2.45) is 0 Å². The van der Waals surface area contributed by atoms with Crippen molar-refractivity contribution in [1.29, 1.82) is 0 Å². The summed E-state index contributed by atoms with van der Waals surface area (Å²) in [5.41, 5.74) is 0.644. The molecular formula is C20H20N4O5. The van der Waals surface area contributed by atoms with Gasteiger partial charge in [0.25, 0.3) is 11.5 Å². The van der Waals surface area contributed by atoms with E-state index in [9.17, 15) is 14.4 Å². The van der Waals surface area contributed by atoms with Crippen molar-refractivity contribution in [3.63, 3.8) is 0 Å². The lowest BCUT2D eigenvalue weighted by Gasteiger charge is -2.10. The van der Waals surface area contributed by atoms with Crippen LogP contribution in [-0.2, 0) is 16.1 Å². The van der Waals surface area contributed by atoms with Crippen molar-refractivity contribution in [3.05, 3.63) is 76.3 Å². The van der Waals surface area contributed by atoms with Crippen LogP contribution in [0.4, 0.5) is 10.5 Å². The summed E-state index contributed by atoms with van der Waals surface area (Å²) in [6.07, 6.45) is 1.89. The molecule has 29 heavy (non-hydrogen) atoms. The van der Waals surface area contributed by atoms with Crippen molar-refractivity contribution in [2.75, 3.05) is 25.6 Å². The Bertz CT molecular complexity index is 1070. The summed E-state index contributed by atoms with van der Waals surface area (Å²) >= 11 is 0. The molecule has 0 saturated carbocycles. The number of fused-ring (bicyclic) bond motifs is 1. The highest BCUT2D eigenvalue weighted by Crippen LogP contribution is 2.09. The summed E-state index contributed by atoms with van der Waals surface area (Å²) in [6.45, 7) is 0.761. The van der Waals surface area contributed by atoms with Gasteiger partial charge in [0, 0.05) is 19.9 Å². The lowest BCUT2D eigenvalue weighted by Crippen LogP contribution is -2.29. The van der Waals surface area contributed by atoms with Gasteiger partial charge in [-0.1, -0.05) is 30.3 Å². The zero-order valence-corrected chi connectivity index (χ0v) is 15.8. The predicted octanol–water partition coefficient (Wildman–Crippen LogP) is 1.82. The van der Waals surface area contributed by atoms with Gasteiger partial charge < -0.3 is 14.8 Å². The second-order valence-corrected chi connectivity index (χ2v) is 6.03. The molecule has 9 heteroatoms. The van der Waals surface area contributed by atoms with E-state index in [-0.39, 0.29) is 29.4 Å². The number of hydrogen-bond acceptors (Lipinski definition) is 6. The van der Waals surface area contributed by atoms with Gasteiger partial charge in [-0.2, -0.15) is 0 Å². The number of carbonyl (C=O) groups excluding carboxylic acids is 2. The maximum absolute atomic E-state index is 12.7. The first-order chi connectivity index (χ1) is 14.1. The number of benzene rings is 1. The number of aromatic nitrogens is 2. The van der Waals surface area contributed by atoms with E-state index >= 15 is 0 Å². The summed E-state index contributed by atoms with van der Waals surface area (Å²) in [7, 11) is 1.53. The van der Waals surface area contributed by atoms with Crippen LogP contribution in [0.5, 0.6) is 0 Å². The lowest BCUT2D eigenvalue weighted by atomic mass is 10.2. The number of carbonyl (C=O) groups is 2. The van der Waals surface area contributed by atoms with Gasteiger partial charge in [0.1, 0.15) is 12.3 Å². The Hall–Kier alpha value is -3.72. The van der Waals surface area contributed by atoms with E-state index in [1.165, 1.54) is 23.9 Å². The molecule has 0 bridgehead atoms. The molecule has 0 aliphatic heterocycles. The van der Waals surface area contributed by atoms with Crippen LogP contribution >= 0.6 is 0 Å². The van der Waals surface area contributed by atoms with E-state index in [4.69, 9.17) is 9.47 Å². The smallest absolute Gasteiger partial charge is 0.412 e. The van der Waals surface area contributed by atoms with E-state index in [0.717, 1.165) is 5.56 Å². The lowest BCUT2D eigenvalue weighted by molar-refractivity contribution is 0.0938. The quantitative estimate of drug-likeness (QED) is 0.590. The molecule has 2 N–H and O–H groups in total. The minimum atomic E-state index is -0.777. The van der Waals surface area contributed by atoms with Crippen LogP contribution in [0, 0.1) is 0 Å². The Balaban J connectivity index is 1.75. The predicted molar refractivity (Wildman–Crippen MR) is 106 cm³/mol. The Morgan fingerprint density at radius 3 is 2.69 bits per heavy atom. The molecule has 2 aromatic heterocycles. The SMILES string of the molecule is COCCNC(=O)c1cccn2c(=O)c(NC(=O)OCc3ccccc3)cnc12. The van der Waals surface area contributed by atoms with Gasteiger partial charge in [-0.05, 0) is 17.7 Å². The van der Waals surface area contributed by atoms with Crippen molar-refractivity contribution in [3.8, 4) is 0 Å². The first kappa shape index (κ1) is 20.0. The highest BCUT2D eigenvalue weighted by Gasteiger charge is 2.15. The van der Waals surface area contributed by atoms with Gasteiger partial charge in [0.05, 0.1) is 18.4 Å². The highest BCUT2D eigenvalue weighted by molar-refractivity contribution is 5.99. The third kappa shape index (κ3) is 4.96. The van der Waals surface area contributed by atoms with Crippen molar-refractivity contribution in [2.45, 2.75) is 6.61 Å². The summed E-state index contributed by atoms with van der Waals surface area (Å²) in [5, 5.41) is 5.07. The molecule has 0 unspecified atom stereocenters. The molecule has 150 valence electrons. The van der Waals surface area contributed by atoms with E-state index in [0.29, 0.717) is 13.2 Å². The third-order valence-corrected chi connectivity index (χ3v) is 4.02. The largest absolute Gasteiger partial charge is 0.444 e. The zero-order chi connectivity index (χ0) is 20.6. The maximum Gasteiger partial charge on any atom is 0.412 e. The van der Waals surface area contributed by atoms with E-state index in [2.05, 4.69) is 15.6 Å². The number of nitrogens with zero attached hydrogens (tertiary/aromatic N) is 2. The van der Waals surface area contributed by atoms with E-state index in [1.807, 2.05) is 30.3 Å². The number of rotatable bonds is 7.